The van der Waals surface area contributed by atoms with Crippen molar-refractivity contribution in [1.29, 1.82) is 0 Å². The van der Waals surface area contributed by atoms with Crippen LogP contribution in [0.1, 0.15) is 119 Å². The summed E-state index contributed by atoms with van der Waals surface area (Å²) in [4.78, 5) is 55.2. The molecule has 0 unspecified atom stereocenters. The van der Waals surface area contributed by atoms with Gasteiger partial charge in [-0.2, -0.15) is 0 Å². The number of hydrogen-bond donors (Lipinski definition) is 2. The van der Waals surface area contributed by atoms with Crippen molar-refractivity contribution in [3.05, 3.63) is 179 Å². The molecule has 1 amide bonds. The maximum atomic E-state index is 11.6. The molecule has 0 atom stereocenters. The van der Waals surface area contributed by atoms with Crippen molar-refractivity contribution in [2.45, 2.75) is 86.0 Å². The predicted octanol–water partition coefficient (Wildman–Crippen LogP) is 12.5. The summed E-state index contributed by atoms with van der Waals surface area (Å²) < 4.78 is 16.0. The molecule has 6 aromatic rings. The molecule has 0 fully saturated rings. The summed E-state index contributed by atoms with van der Waals surface area (Å²) in [5.41, 5.74) is 14.8. The van der Waals surface area contributed by atoms with E-state index in [1.54, 1.807) is 14.0 Å². The van der Waals surface area contributed by atoms with Crippen LogP contribution in [0.25, 0.3) is 33.4 Å². The Morgan fingerprint density at radius 2 is 0.643 bits per heavy atom. The Morgan fingerprint density at radius 1 is 0.400 bits per heavy atom. The summed E-state index contributed by atoms with van der Waals surface area (Å²) in [6, 6.07) is 49.7. The first-order valence-corrected chi connectivity index (χ1v) is 24.5. The van der Waals surface area contributed by atoms with Crippen LogP contribution in [-0.2, 0) is 33.4 Å². The highest BCUT2D eigenvalue weighted by atomic mass is 16.5. The number of rotatable bonds is 12. The Balaban J connectivity index is 0.000000209. The summed E-state index contributed by atoms with van der Waals surface area (Å²) in [5.74, 6) is 0.177. The zero-order valence-corrected chi connectivity index (χ0v) is 42.3. The fraction of sp³-hybridized carbons (Fsp3) is 0.317. The molecular weight excluding hydrogens is 877 g/mol. The van der Waals surface area contributed by atoms with Gasteiger partial charge in [0.05, 0.1) is 13.1 Å². The monoisotopic (exact) mass is 947 g/mol. The molecule has 0 aromatic heterocycles. The number of fused-ring (bicyclic) bond motifs is 9. The Hall–Kier alpha value is -7.17. The van der Waals surface area contributed by atoms with E-state index >= 15 is 0 Å². The van der Waals surface area contributed by atoms with Gasteiger partial charge in [0.15, 0.2) is 0 Å². The van der Waals surface area contributed by atoms with Gasteiger partial charge in [-0.3, -0.25) is 19.2 Å². The molecule has 0 saturated heterocycles. The molecule has 6 aromatic carbocycles. The fourth-order valence-corrected chi connectivity index (χ4v) is 8.53. The number of carbonyl (C=O) groups is 5. The average Bonchev–Trinajstić information content (AvgIpc) is 4.02. The van der Waals surface area contributed by atoms with Crippen molar-refractivity contribution in [2.24, 2.45) is 0 Å². The van der Waals surface area contributed by atoms with Crippen molar-refractivity contribution in [1.82, 2.24) is 10.6 Å². The average molecular weight is 947 g/mol. The van der Waals surface area contributed by atoms with Crippen molar-refractivity contribution in [3.63, 3.8) is 0 Å². The minimum absolute atomic E-state index is 0.00330. The van der Waals surface area contributed by atoms with E-state index in [0.29, 0.717) is 32.6 Å². The number of hydrogen-bond acceptors (Lipinski definition) is 9. The second kappa shape index (κ2) is 29.0. The van der Waals surface area contributed by atoms with Crippen molar-refractivity contribution in [3.8, 4) is 33.4 Å². The summed E-state index contributed by atoms with van der Waals surface area (Å²) in [6.45, 7) is 16.2. The van der Waals surface area contributed by atoms with E-state index in [-0.39, 0.29) is 54.4 Å². The molecule has 3 aliphatic rings. The lowest BCUT2D eigenvalue weighted by Gasteiger charge is -2.14. The SMILES string of the molecule is CC.CC.CC(=O)CNC(=O)OCC1c2ccccc2-c2ccccc21.CCC(=O)OCC1c2ccccc2-c2ccccc21.CCC(=O)OCC1c2ccccc2-c2ccccc21.CNCC(C)=O. The predicted molar refractivity (Wildman–Crippen MR) is 281 cm³/mol. The second-order valence-corrected chi connectivity index (χ2v) is 16.1. The van der Waals surface area contributed by atoms with E-state index in [9.17, 15) is 24.0 Å². The topological polar surface area (TPSA) is 137 Å². The normalized spacial score (nSPS) is 11.8. The Kier molecular flexibility index (Phi) is 23.0. The zero-order chi connectivity index (χ0) is 51.0. The third-order valence-electron chi connectivity index (χ3n) is 11.6. The highest BCUT2D eigenvalue weighted by molar-refractivity contribution is 5.83. The van der Waals surface area contributed by atoms with Crippen molar-refractivity contribution >= 4 is 29.6 Å². The Labute approximate surface area is 415 Å². The molecule has 9 rings (SSSR count). The van der Waals surface area contributed by atoms with Crippen LogP contribution in [0.2, 0.25) is 0 Å². The zero-order valence-electron chi connectivity index (χ0n) is 42.3. The molecule has 0 saturated carbocycles. The number of carbonyl (C=O) groups excluding carboxylic acids is 5. The molecule has 3 aliphatic carbocycles. The summed E-state index contributed by atoms with van der Waals surface area (Å²) in [5, 5.41) is 5.16. The van der Waals surface area contributed by atoms with Gasteiger partial charge in [-0.15, -0.1) is 0 Å². The minimum atomic E-state index is -0.558. The van der Waals surface area contributed by atoms with Gasteiger partial charge in [0.2, 0.25) is 0 Å². The van der Waals surface area contributed by atoms with Gasteiger partial charge in [-0.05, 0) is 87.7 Å². The van der Waals surface area contributed by atoms with E-state index in [1.165, 1.54) is 73.7 Å². The first kappa shape index (κ1) is 55.4. The van der Waals surface area contributed by atoms with Gasteiger partial charge in [0.1, 0.15) is 31.4 Å². The third-order valence-corrected chi connectivity index (χ3v) is 11.6. The number of ether oxygens (including phenoxy) is 3. The van der Waals surface area contributed by atoms with Crippen LogP contribution in [0.15, 0.2) is 146 Å². The van der Waals surface area contributed by atoms with Gasteiger partial charge < -0.3 is 24.8 Å². The standard InChI is InChI=1S/C18H17NO3.2C17H16O2.C4H9NO.2C2H6/c1-12(20)10-19-18(21)22-11-17-15-8-4-2-6-13(15)14-7-3-5-9-16(14)17;2*1-2-17(18)19-11-16-14-9-5-3-7-12(14)13-8-4-6-10-15(13)16;1-4(6)3-5-2;2*1-2/h2-9,17H,10-11H2,1H3,(H,19,21);2*3-10,16H,2,11H2,1H3;5H,3H2,1-2H3;2*1-2H3. The number of benzene rings is 6. The molecule has 2 N–H and O–H groups in total. The molecule has 0 bridgehead atoms. The quantitative estimate of drug-likeness (QED) is 0.0907. The van der Waals surface area contributed by atoms with Crippen LogP contribution in [0, 0.1) is 0 Å². The van der Waals surface area contributed by atoms with E-state index in [2.05, 4.69) is 108 Å². The van der Waals surface area contributed by atoms with Gasteiger partial charge in [0, 0.05) is 30.6 Å². The Morgan fingerprint density at radius 3 is 0.857 bits per heavy atom. The number of nitrogens with one attached hydrogen (secondary N) is 2. The summed E-state index contributed by atoms with van der Waals surface area (Å²) in [6.07, 6.45) is 0.295. The van der Waals surface area contributed by atoms with E-state index in [1.807, 2.05) is 90.1 Å². The number of alkyl carbamates (subject to hydrolysis) is 1. The van der Waals surface area contributed by atoms with E-state index < -0.39 is 6.09 Å². The molecule has 10 nitrogen and oxygen atoms in total. The lowest BCUT2D eigenvalue weighted by molar-refractivity contribution is -0.144. The van der Waals surface area contributed by atoms with Crippen LogP contribution >= 0.6 is 0 Å². The van der Waals surface area contributed by atoms with Gasteiger partial charge in [0.25, 0.3) is 0 Å². The highest BCUT2D eigenvalue weighted by Crippen LogP contribution is 2.46. The maximum Gasteiger partial charge on any atom is 0.407 e. The third kappa shape index (κ3) is 14.7. The van der Waals surface area contributed by atoms with Crippen LogP contribution in [0.3, 0.4) is 0 Å². The van der Waals surface area contributed by atoms with E-state index in [4.69, 9.17) is 14.2 Å². The first-order valence-electron chi connectivity index (χ1n) is 24.5. The van der Waals surface area contributed by atoms with Gasteiger partial charge >= 0.3 is 18.0 Å². The number of esters is 2. The largest absolute Gasteiger partial charge is 0.465 e. The molecule has 0 radical (unpaired) electrons. The molecule has 0 aliphatic heterocycles. The summed E-state index contributed by atoms with van der Waals surface area (Å²) >= 11 is 0. The highest BCUT2D eigenvalue weighted by Gasteiger charge is 2.31. The van der Waals surface area contributed by atoms with Crippen LogP contribution in [0.4, 0.5) is 4.79 Å². The van der Waals surface area contributed by atoms with Gasteiger partial charge in [-0.25, -0.2) is 4.79 Å². The minimum Gasteiger partial charge on any atom is -0.465 e. The van der Waals surface area contributed by atoms with Crippen molar-refractivity contribution < 1.29 is 38.2 Å². The van der Waals surface area contributed by atoms with Crippen molar-refractivity contribution in [2.75, 3.05) is 40.0 Å². The molecule has 10 heteroatoms. The fourth-order valence-electron chi connectivity index (χ4n) is 8.53. The number of Topliss-reactive ketones (excluding diaryl/α,β-unsaturated/α-hetero) is 2. The van der Waals surface area contributed by atoms with Crippen LogP contribution in [0.5, 0.6) is 0 Å². The first-order chi connectivity index (χ1) is 34.1. The molecular formula is C60H70N2O8. The van der Waals surface area contributed by atoms with Gasteiger partial charge in [-0.1, -0.05) is 187 Å². The number of ketones is 2. The molecule has 368 valence electrons. The lowest BCUT2D eigenvalue weighted by Crippen LogP contribution is -2.30. The molecule has 70 heavy (non-hydrogen) atoms. The maximum absolute atomic E-state index is 11.6. The molecule has 0 heterocycles. The van der Waals surface area contributed by atoms with Crippen LogP contribution < -0.4 is 10.6 Å². The number of likely N-dealkylation sites (N-methyl/N-ethyl adjacent to an activating group) is 1. The van der Waals surface area contributed by atoms with Crippen LogP contribution in [-0.4, -0.2) is 69.6 Å². The smallest absolute Gasteiger partial charge is 0.407 e. The summed E-state index contributed by atoms with van der Waals surface area (Å²) in [7, 11) is 1.75. The lowest BCUT2D eigenvalue weighted by atomic mass is 9.98. The molecule has 0 spiro atoms. The number of amides is 1. The second-order valence-electron chi connectivity index (χ2n) is 16.1. The Bertz CT molecular complexity index is 2410. The van der Waals surface area contributed by atoms with E-state index in [0.717, 1.165) is 0 Å².